The molecule has 23 heavy (non-hydrogen) atoms. The van der Waals surface area contributed by atoms with Gasteiger partial charge in [0.25, 0.3) is 0 Å². The van der Waals surface area contributed by atoms with E-state index in [1.54, 1.807) is 31.3 Å². The highest BCUT2D eigenvalue weighted by molar-refractivity contribution is 7.89. The molecule has 0 bridgehead atoms. The van der Waals surface area contributed by atoms with E-state index in [1.165, 1.54) is 16.1 Å². The Bertz CT molecular complexity index is 781. The lowest BCUT2D eigenvalue weighted by Gasteiger charge is -2.22. The zero-order chi connectivity index (χ0) is 16.6. The number of nitrogens with two attached hydrogens (primary N) is 1. The van der Waals surface area contributed by atoms with Crippen LogP contribution in [0.5, 0.6) is 5.75 Å². The van der Waals surface area contributed by atoms with Crippen molar-refractivity contribution >= 4 is 16.0 Å². The first-order valence-electron chi connectivity index (χ1n) is 7.26. The molecule has 1 aromatic carbocycles. The molecule has 0 unspecified atom stereocenters. The zero-order valence-electron chi connectivity index (χ0n) is 13.0. The summed E-state index contributed by atoms with van der Waals surface area (Å²) in [6.07, 6.45) is 1.44. The van der Waals surface area contributed by atoms with Crippen LogP contribution in [0.2, 0.25) is 0 Å². The lowest BCUT2D eigenvalue weighted by Crippen LogP contribution is -2.31. The Morgan fingerprint density at radius 3 is 2.57 bits per heavy atom. The average molecular weight is 337 g/mol. The number of sulfonamides is 1. The summed E-state index contributed by atoms with van der Waals surface area (Å²) in [4.78, 5) is 4.41. The Kier molecular flexibility index (Phi) is 3.99. The van der Waals surface area contributed by atoms with Gasteiger partial charge in [-0.1, -0.05) is 0 Å². The number of anilines is 1. The van der Waals surface area contributed by atoms with Crippen LogP contribution in [0.3, 0.4) is 0 Å². The first-order chi connectivity index (χ1) is 10.9. The molecular weight excluding hydrogens is 318 g/mol. The molecule has 0 spiro atoms. The van der Waals surface area contributed by atoms with Crippen LogP contribution in [-0.4, -0.2) is 41.1 Å². The number of ether oxygens (including phenoxy) is 1. The minimum Gasteiger partial charge on any atom is -0.497 e. The normalized spacial score (nSPS) is 19.1. The van der Waals surface area contributed by atoms with E-state index >= 15 is 0 Å². The van der Waals surface area contributed by atoms with Gasteiger partial charge >= 0.3 is 0 Å². The van der Waals surface area contributed by atoms with Gasteiger partial charge < -0.3 is 10.5 Å². The van der Waals surface area contributed by atoms with Crippen molar-refractivity contribution < 1.29 is 13.2 Å². The van der Waals surface area contributed by atoms with Crippen molar-refractivity contribution in [1.29, 1.82) is 0 Å². The Morgan fingerprint density at radius 2 is 2.00 bits per heavy atom. The minimum absolute atomic E-state index is 0.231. The molecule has 3 rings (SSSR count). The molecule has 0 radical (unpaired) electrons. The zero-order valence-corrected chi connectivity index (χ0v) is 13.8. The van der Waals surface area contributed by atoms with Crippen LogP contribution in [0.15, 0.2) is 29.2 Å². The van der Waals surface area contributed by atoms with Crippen LogP contribution in [0, 0.1) is 0 Å². The number of rotatable bonds is 4. The molecule has 1 fully saturated rings. The van der Waals surface area contributed by atoms with E-state index < -0.39 is 10.0 Å². The van der Waals surface area contributed by atoms with Crippen molar-refractivity contribution in [2.24, 2.45) is 7.05 Å². The topological polar surface area (TPSA) is 103 Å². The Morgan fingerprint density at radius 1 is 1.30 bits per heavy atom. The SMILES string of the molecule is COc1ccc(S(=O)(=O)N2CCC[C@H]2c2nc(N)n(C)n2)cc1. The smallest absolute Gasteiger partial charge is 0.243 e. The first kappa shape index (κ1) is 15.8. The van der Waals surface area contributed by atoms with Gasteiger partial charge in [-0.05, 0) is 37.1 Å². The number of hydrogen-bond acceptors (Lipinski definition) is 6. The Hall–Kier alpha value is -2.13. The predicted molar refractivity (Wildman–Crippen MR) is 84.3 cm³/mol. The highest BCUT2D eigenvalue weighted by Gasteiger charge is 2.38. The molecule has 2 N–H and O–H groups in total. The van der Waals surface area contributed by atoms with E-state index in [1.807, 2.05) is 0 Å². The van der Waals surface area contributed by atoms with Crippen LogP contribution >= 0.6 is 0 Å². The van der Waals surface area contributed by atoms with Gasteiger partial charge in [0.1, 0.15) is 5.75 Å². The van der Waals surface area contributed by atoms with Crippen molar-refractivity contribution in [1.82, 2.24) is 19.1 Å². The summed E-state index contributed by atoms with van der Waals surface area (Å²) in [7, 11) is -0.394. The van der Waals surface area contributed by atoms with E-state index in [2.05, 4.69) is 10.1 Å². The molecule has 1 aromatic heterocycles. The molecule has 0 amide bonds. The second-order valence-corrected chi connectivity index (χ2v) is 7.29. The number of aryl methyl sites for hydroxylation is 1. The van der Waals surface area contributed by atoms with Crippen molar-refractivity contribution in [2.75, 3.05) is 19.4 Å². The number of aromatic nitrogens is 3. The van der Waals surface area contributed by atoms with Crippen molar-refractivity contribution in [3.05, 3.63) is 30.1 Å². The number of hydrogen-bond donors (Lipinski definition) is 1. The fraction of sp³-hybridized carbons (Fsp3) is 0.429. The number of benzene rings is 1. The molecule has 1 atom stereocenters. The maximum Gasteiger partial charge on any atom is 0.243 e. The third kappa shape index (κ3) is 2.77. The van der Waals surface area contributed by atoms with Crippen LogP contribution in [0.1, 0.15) is 24.7 Å². The number of nitrogens with zero attached hydrogens (tertiary/aromatic N) is 4. The van der Waals surface area contributed by atoms with Gasteiger partial charge in [0.15, 0.2) is 5.82 Å². The Labute approximate surface area is 134 Å². The first-order valence-corrected chi connectivity index (χ1v) is 8.70. The highest BCUT2D eigenvalue weighted by Crippen LogP contribution is 2.35. The summed E-state index contributed by atoms with van der Waals surface area (Å²) in [6, 6.07) is 5.97. The van der Waals surface area contributed by atoms with Crippen molar-refractivity contribution in [3.8, 4) is 5.75 Å². The second-order valence-electron chi connectivity index (χ2n) is 5.40. The van der Waals surface area contributed by atoms with E-state index in [0.29, 0.717) is 24.5 Å². The van der Waals surface area contributed by atoms with E-state index in [9.17, 15) is 8.42 Å². The molecule has 1 aliphatic rings. The maximum absolute atomic E-state index is 12.9. The number of nitrogen functional groups attached to an aromatic ring is 1. The van der Waals surface area contributed by atoms with Crippen LogP contribution in [-0.2, 0) is 17.1 Å². The maximum atomic E-state index is 12.9. The van der Waals surface area contributed by atoms with Crippen molar-refractivity contribution in [2.45, 2.75) is 23.8 Å². The molecule has 8 nitrogen and oxygen atoms in total. The second kappa shape index (κ2) is 5.82. The molecular formula is C14H19N5O3S. The number of methoxy groups -OCH3 is 1. The standard InChI is InChI=1S/C14H19N5O3S/c1-18-14(15)16-13(17-18)12-4-3-9-19(12)23(20,21)11-7-5-10(22-2)6-8-11/h5-8,12H,3-4,9H2,1-2H3,(H2,15,16,17)/t12-/m0/s1. The van der Waals surface area contributed by atoms with Gasteiger partial charge in [-0.25, -0.2) is 13.1 Å². The van der Waals surface area contributed by atoms with E-state index in [0.717, 1.165) is 6.42 Å². The van der Waals surface area contributed by atoms with Crippen LogP contribution < -0.4 is 10.5 Å². The molecule has 124 valence electrons. The summed E-state index contributed by atoms with van der Waals surface area (Å²) in [5, 5.41) is 4.23. The lowest BCUT2D eigenvalue weighted by molar-refractivity contribution is 0.382. The average Bonchev–Trinajstić information content (AvgIpc) is 3.15. The van der Waals surface area contributed by atoms with E-state index in [4.69, 9.17) is 10.5 Å². The van der Waals surface area contributed by atoms with Gasteiger partial charge in [0.05, 0.1) is 18.0 Å². The summed E-state index contributed by atoms with van der Waals surface area (Å²) in [5.41, 5.74) is 5.71. The fourth-order valence-electron chi connectivity index (χ4n) is 2.73. The highest BCUT2D eigenvalue weighted by atomic mass is 32.2. The summed E-state index contributed by atoms with van der Waals surface area (Å²) in [5.74, 6) is 1.33. The third-order valence-electron chi connectivity index (χ3n) is 3.98. The largest absolute Gasteiger partial charge is 0.497 e. The molecule has 2 aromatic rings. The van der Waals surface area contributed by atoms with Gasteiger partial charge in [0, 0.05) is 13.6 Å². The molecule has 1 aliphatic heterocycles. The quantitative estimate of drug-likeness (QED) is 0.890. The summed E-state index contributed by atoms with van der Waals surface area (Å²) in [6.45, 7) is 0.442. The molecule has 0 saturated carbocycles. The van der Waals surface area contributed by atoms with Crippen LogP contribution in [0.4, 0.5) is 5.95 Å². The molecule has 0 aliphatic carbocycles. The van der Waals surface area contributed by atoms with Gasteiger partial charge in [0.2, 0.25) is 16.0 Å². The molecule has 9 heteroatoms. The fourth-order valence-corrected chi connectivity index (χ4v) is 4.38. The Balaban J connectivity index is 1.94. The van der Waals surface area contributed by atoms with Gasteiger partial charge in [-0.3, -0.25) is 0 Å². The van der Waals surface area contributed by atoms with Crippen LogP contribution in [0.25, 0.3) is 0 Å². The third-order valence-corrected chi connectivity index (χ3v) is 5.90. The lowest BCUT2D eigenvalue weighted by atomic mass is 10.2. The monoisotopic (exact) mass is 337 g/mol. The molecule has 1 saturated heterocycles. The van der Waals surface area contributed by atoms with Gasteiger partial charge in [-0.2, -0.15) is 14.4 Å². The summed E-state index contributed by atoms with van der Waals surface area (Å²) >= 11 is 0. The van der Waals surface area contributed by atoms with E-state index in [-0.39, 0.29) is 16.9 Å². The predicted octanol–water partition coefficient (Wildman–Crippen LogP) is 0.932. The summed E-state index contributed by atoms with van der Waals surface area (Å²) < 4.78 is 33.8. The minimum atomic E-state index is -3.62. The van der Waals surface area contributed by atoms with Gasteiger partial charge in [-0.15, -0.1) is 0 Å². The molecule has 2 heterocycles. The van der Waals surface area contributed by atoms with Crippen molar-refractivity contribution in [3.63, 3.8) is 0 Å².